The van der Waals surface area contributed by atoms with Crippen molar-refractivity contribution in [3.05, 3.63) is 28.2 Å². The highest BCUT2D eigenvalue weighted by molar-refractivity contribution is 9.25. The Kier molecular flexibility index (Phi) is 3.54. The van der Waals surface area contributed by atoms with E-state index in [1.807, 2.05) is 6.92 Å². The van der Waals surface area contributed by atoms with Gasteiger partial charge in [0.1, 0.15) is 0 Å². The molecule has 2 nitrogen and oxygen atoms in total. The summed E-state index contributed by atoms with van der Waals surface area (Å²) in [6.45, 7) is 1.88. The number of hydrogen-bond acceptors (Lipinski definition) is 1. The molecule has 1 aliphatic rings. The van der Waals surface area contributed by atoms with E-state index < -0.39 is 5.41 Å². The van der Waals surface area contributed by atoms with Gasteiger partial charge in [0, 0.05) is 5.02 Å². The number of amides is 1. The Morgan fingerprint density at radius 1 is 1.41 bits per heavy atom. The Morgan fingerprint density at radius 3 is 2.53 bits per heavy atom. The van der Waals surface area contributed by atoms with Crippen LogP contribution in [-0.4, -0.2) is 9.14 Å². The van der Waals surface area contributed by atoms with Gasteiger partial charge >= 0.3 is 0 Å². The maximum atomic E-state index is 12.1. The number of hydrogen-bond donors (Lipinski definition) is 1. The van der Waals surface area contributed by atoms with Crippen LogP contribution in [0.3, 0.4) is 0 Å². The molecule has 6 heteroatoms. The summed E-state index contributed by atoms with van der Waals surface area (Å²) in [6, 6.07) is 4.97. The van der Waals surface area contributed by atoms with Gasteiger partial charge in [-0.25, -0.2) is 0 Å². The normalized spacial score (nSPS) is 25.5. The van der Waals surface area contributed by atoms with E-state index in [0.717, 1.165) is 6.42 Å². The van der Waals surface area contributed by atoms with Gasteiger partial charge in [-0.3, -0.25) is 4.79 Å². The van der Waals surface area contributed by atoms with Crippen LogP contribution < -0.4 is 5.32 Å². The molecule has 0 heterocycles. The van der Waals surface area contributed by atoms with E-state index in [2.05, 4.69) is 37.2 Å². The van der Waals surface area contributed by atoms with Gasteiger partial charge in [0.2, 0.25) is 5.91 Å². The third-order valence-corrected chi connectivity index (χ3v) is 5.81. The molecule has 0 radical (unpaired) electrons. The standard InChI is InChI=1S/C11H9Br2Cl2NO/c1-10(5-11(10,12)13)9(17)16-8-4-6(14)2-3-7(8)15/h2-4H,5H2,1H3,(H,16,17)/t10-/m0/s1. The summed E-state index contributed by atoms with van der Waals surface area (Å²) in [4.78, 5) is 12.1. The maximum Gasteiger partial charge on any atom is 0.232 e. The summed E-state index contributed by atoms with van der Waals surface area (Å²) in [5.41, 5.74) is 0.0617. The first-order valence-corrected chi connectivity index (χ1v) is 7.25. The van der Waals surface area contributed by atoms with E-state index >= 15 is 0 Å². The number of anilines is 1. The van der Waals surface area contributed by atoms with Crippen LogP contribution in [0.2, 0.25) is 10.0 Å². The smallest absolute Gasteiger partial charge is 0.232 e. The van der Waals surface area contributed by atoms with Crippen molar-refractivity contribution in [2.24, 2.45) is 5.41 Å². The number of benzene rings is 1. The molecule has 92 valence electrons. The topological polar surface area (TPSA) is 29.1 Å². The molecule has 1 fully saturated rings. The van der Waals surface area contributed by atoms with Crippen LogP contribution in [0.4, 0.5) is 5.69 Å². The minimum absolute atomic E-state index is 0.0876. The van der Waals surface area contributed by atoms with Crippen LogP contribution in [0.1, 0.15) is 13.3 Å². The zero-order valence-electron chi connectivity index (χ0n) is 8.86. The average Bonchev–Trinajstić information content (AvgIpc) is 2.74. The van der Waals surface area contributed by atoms with Crippen molar-refractivity contribution in [1.29, 1.82) is 0 Å². The van der Waals surface area contributed by atoms with E-state index in [0.29, 0.717) is 15.7 Å². The van der Waals surface area contributed by atoms with E-state index in [9.17, 15) is 4.79 Å². The maximum absolute atomic E-state index is 12.1. The number of carbonyl (C=O) groups excluding carboxylic acids is 1. The van der Waals surface area contributed by atoms with E-state index in [1.54, 1.807) is 18.2 Å². The summed E-state index contributed by atoms with van der Waals surface area (Å²) in [5.74, 6) is -0.0876. The zero-order valence-corrected chi connectivity index (χ0v) is 13.5. The van der Waals surface area contributed by atoms with Crippen molar-refractivity contribution < 1.29 is 4.79 Å². The highest BCUT2D eigenvalue weighted by Gasteiger charge is 2.66. The Bertz CT molecular complexity index is 492. The molecule has 0 unspecified atom stereocenters. The second-order valence-corrected chi connectivity index (χ2v) is 8.91. The summed E-state index contributed by atoms with van der Waals surface area (Å²) >= 11 is 18.7. The van der Waals surface area contributed by atoms with Crippen LogP contribution in [0, 0.1) is 5.41 Å². The molecule has 1 N–H and O–H groups in total. The van der Waals surface area contributed by atoms with Gasteiger partial charge in [0.15, 0.2) is 0 Å². The summed E-state index contributed by atoms with van der Waals surface area (Å²) in [6.07, 6.45) is 0.726. The van der Waals surface area contributed by atoms with Gasteiger partial charge in [-0.1, -0.05) is 55.1 Å². The molecule has 2 rings (SSSR count). The van der Waals surface area contributed by atoms with Crippen LogP contribution in [0.15, 0.2) is 18.2 Å². The molecule has 1 aliphatic carbocycles. The SMILES string of the molecule is C[C@@]1(C(=O)Nc2cc(Cl)ccc2Cl)CC1(Br)Br. The predicted molar refractivity (Wildman–Crippen MR) is 78.4 cm³/mol. The molecule has 1 aromatic carbocycles. The summed E-state index contributed by atoms with van der Waals surface area (Å²) in [7, 11) is 0. The lowest BCUT2D eigenvalue weighted by Crippen LogP contribution is -2.25. The minimum Gasteiger partial charge on any atom is -0.324 e. The number of alkyl halides is 2. The van der Waals surface area contributed by atoms with Crippen molar-refractivity contribution in [2.75, 3.05) is 5.32 Å². The third kappa shape index (κ3) is 2.50. The third-order valence-electron chi connectivity index (χ3n) is 2.94. The molecule has 17 heavy (non-hydrogen) atoms. The number of carbonyl (C=O) groups is 1. The Hall–Kier alpha value is 0.230. The molecule has 0 saturated heterocycles. The highest BCUT2D eigenvalue weighted by atomic mass is 79.9. The molecule has 0 aliphatic heterocycles. The first-order chi connectivity index (χ1) is 7.76. The molecule has 1 amide bonds. The molecule has 1 aromatic rings. The fraction of sp³-hybridized carbons (Fsp3) is 0.364. The lowest BCUT2D eigenvalue weighted by molar-refractivity contribution is -0.120. The first kappa shape index (κ1) is 13.7. The lowest BCUT2D eigenvalue weighted by Gasteiger charge is -2.14. The van der Waals surface area contributed by atoms with Crippen LogP contribution in [-0.2, 0) is 4.79 Å². The largest absolute Gasteiger partial charge is 0.324 e. The van der Waals surface area contributed by atoms with Gasteiger partial charge in [-0.15, -0.1) is 0 Å². The van der Waals surface area contributed by atoms with Crippen LogP contribution in [0.25, 0.3) is 0 Å². The van der Waals surface area contributed by atoms with Crippen molar-refractivity contribution in [1.82, 2.24) is 0 Å². The summed E-state index contributed by atoms with van der Waals surface area (Å²) in [5, 5.41) is 3.80. The second kappa shape index (κ2) is 4.41. The van der Waals surface area contributed by atoms with Crippen LogP contribution >= 0.6 is 55.1 Å². The lowest BCUT2D eigenvalue weighted by atomic mass is 10.1. The monoisotopic (exact) mass is 399 g/mol. The fourth-order valence-corrected chi connectivity index (χ4v) is 3.32. The molecule has 1 atom stereocenters. The Labute approximate surface area is 126 Å². The molecular formula is C11H9Br2Cl2NO. The van der Waals surface area contributed by atoms with Gasteiger partial charge in [0.05, 0.1) is 19.4 Å². The number of rotatable bonds is 2. The quantitative estimate of drug-likeness (QED) is 0.707. The Balaban J connectivity index is 2.17. The first-order valence-electron chi connectivity index (χ1n) is 4.91. The number of halogens is 4. The van der Waals surface area contributed by atoms with E-state index in [4.69, 9.17) is 23.2 Å². The highest BCUT2D eigenvalue weighted by Crippen LogP contribution is 2.66. The van der Waals surface area contributed by atoms with E-state index in [-0.39, 0.29) is 9.14 Å². The Morgan fingerprint density at radius 2 is 2.00 bits per heavy atom. The van der Waals surface area contributed by atoms with E-state index in [1.165, 1.54) is 0 Å². The molecule has 0 spiro atoms. The molecular weight excluding hydrogens is 393 g/mol. The molecule has 0 aromatic heterocycles. The van der Waals surface area contributed by atoms with Crippen molar-refractivity contribution >= 4 is 66.7 Å². The van der Waals surface area contributed by atoms with Gasteiger partial charge in [-0.05, 0) is 31.5 Å². The zero-order chi connectivity index (χ0) is 12.8. The van der Waals surface area contributed by atoms with Crippen molar-refractivity contribution in [3.63, 3.8) is 0 Å². The van der Waals surface area contributed by atoms with Crippen molar-refractivity contribution in [2.45, 2.75) is 16.6 Å². The minimum atomic E-state index is -0.474. The van der Waals surface area contributed by atoms with Crippen molar-refractivity contribution in [3.8, 4) is 0 Å². The predicted octanol–water partition coefficient (Wildman–Crippen LogP) is 4.83. The fourth-order valence-electron chi connectivity index (χ4n) is 1.50. The second-order valence-electron chi connectivity index (χ2n) is 4.29. The van der Waals surface area contributed by atoms with Gasteiger partial charge in [-0.2, -0.15) is 0 Å². The van der Waals surface area contributed by atoms with Gasteiger partial charge in [0.25, 0.3) is 0 Å². The van der Waals surface area contributed by atoms with Gasteiger partial charge < -0.3 is 5.32 Å². The average molecular weight is 402 g/mol. The summed E-state index contributed by atoms with van der Waals surface area (Å²) < 4.78 is -0.317. The number of nitrogens with one attached hydrogen (secondary N) is 1. The molecule has 1 saturated carbocycles. The van der Waals surface area contributed by atoms with Crippen LogP contribution in [0.5, 0.6) is 0 Å². The molecule has 0 bridgehead atoms.